The second-order valence-corrected chi connectivity index (χ2v) is 16.3. The lowest BCUT2D eigenvalue weighted by molar-refractivity contribution is -0.00518. The Balaban J connectivity index is 1.09. The van der Waals surface area contributed by atoms with E-state index in [0.29, 0.717) is 28.5 Å². The summed E-state index contributed by atoms with van der Waals surface area (Å²) in [5.41, 5.74) is 12.3. The van der Waals surface area contributed by atoms with Crippen molar-refractivity contribution in [1.29, 1.82) is 5.26 Å². The largest absolute Gasteiger partial charge is 0.208 e. The van der Waals surface area contributed by atoms with Gasteiger partial charge in [0.05, 0.1) is 11.6 Å². The molecule has 0 atom stereocenters. The number of hydrogen-bond acceptors (Lipinski definition) is 4. The average Bonchev–Trinajstić information content (AvgIpc) is 3.39. The van der Waals surface area contributed by atoms with E-state index in [1.54, 1.807) is 0 Å². The number of fused-ring (bicyclic) bond motifs is 3. The van der Waals surface area contributed by atoms with Crippen molar-refractivity contribution < 1.29 is 0 Å². The van der Waals surface area contributed by atoms with Crippen molar-refractivity contribution in [3.63, 3.8) is 0 Å². The first-order valence-electron chi connectivity index (χ1n) is 18.6. The van der Waals surface area contributed by atoms with Crippen LogP contribution in [-0.2, 0) is 10.8 Å². The molecule has 0 aliphatic heterocycles. The van der Waals surface area contributed by atoms with Gasteiger partial charge in [0, 0.05) is 22.1 Å². The zero-order chi connectivity index (χ0) is 34.3. The minimum absolute atomic E-state index is 0.207. The molecule has 4 bridgehead atoms. The number of rotatable bonds is 5. The molecule has 11 rings (SSSR count). The molecule has 0 spiro atoms. The summed E-state index contributed by atoms with van der Waals surface area (Å²) in [6.45, 7) is 4.48. The number of hydrogen-bond donors (Lipinski definition) is 0. The summed E-state index contributed by atoms with van der Waals surface area (Å²) >= 11 is 0. The monoisotopic (exact) mass is 660 g/mol. The molecule has 6 aromatic rings. The Bertz CT molecular complexity index is 2350. The van der Waals surface area contributed by atoms with Crippen LogP contribution < -0.4 is 0 Å². The topological polar surface area (TPSA) is 62.5 Å². The predicted molar refractivity (Wildman–Crippen MR) is 204 cm³/mol. The first-order valence-corrected chi connectivity index (χ1v) is 18.6. The van der Waals surface area contributed by atoms with Crippen molar-refractivity contribution in [2.45, 2.75) is 63.2 Å². The highest BCUT2D eigenvalue weighted by Crippen LogP contribution is 2.60. The molecule has 1 aromatic heterocycles. The second-order valence-electron chi connectivity index (χ2n) is 16.3. The van der Waals surface area contributed by atoms with Crippen molar-refractivity contribution in [3.8, 4) is 62.5 Å². The quantitative estimate of drug-likeness (QED) is 0.185. The maximum absolute atomic E-state index is 9.63. The highest BCUT2D eigenvalue weighted by molar-refractivity contribution is 5.84. The van der Waals surface area contributed by atoms with E-state index < -0.39 is 0 Å². The van der Waals surface area contributed by atoms with Crippen LogP contribution in [0.2, 0.25) is 0 Å². The lowest BCUT2D eigenvalue weighted by Gasteiger charge is -2.57. The average molecular weight is 661 g/mol. The summed E-state index contributed by atoms with van der Waals surface area (Å²) in [5.74, 6) is 4.75. The minimum atomic E-state index is -0.207. The summed E-state index contributed by atoms with van der Waals surface area (Å²) < 4.78 is 0. The van der Waals surface area contributed by atoms with E-state index in [1.165, 1.54) is 66.3 Å². The first-order chi connectivity index (χ1) is 24.8. The molecular weight excluding hydrogens is 621 g/mol. The molecule has 4 saturated carbocycles. The third-order valence-corrected chi connectivity index (χ3v) is 12.7. The van der Waals surface area contributed by atoms with Crippen LogP contribution in [0.3, 0.4) is 0 Å². The van der Waals surface area contributed by atoms with Crippen LogP contribution in [-0.4, -0.2) is 15.0 Å². The van der Waals surface area contributed by atoms with Crippen LogP contribution in [0.5, 0.6) is 0 Å². The summed E-state index contributed by atoms with van der Waals surface area (Å²) in [4.78, 5) is 15.5. The molecule has 0 amide bonds. The molecular formula is C47H40N4. The Labute approximate surface area is 300 Å². The number of benzene rings is 5. The number of aromatic nitrogens is 3. The molecule has 1 heterocycles. The summed E-state index contributed by atoms with van der Waals surface area (Å²) in [7, 11) is 0. The molecule has 4 fully saturated rings. The van der Waals surface area contributed by atoms with Gasteiger partial charge < -0.3 is 0 Å². The van der Waals surface area contributed by atoms with Crippen LogP contribution in [0, 0.1) is 29.1 Å². The van der Waals surface area contributed by atoms with Gasteiger partial charge in [-0.2, -0.15) is 5.26 Å². The molecule has 5 aromatic carbocycles. The molecule has 0 N–H and O–H groups in total. The van der Waals surface area contributed by atoms with Gasteiger partial charge in [0.15, 0.2) is 17.5 Å². The van der Waals surface area contributed by atoms with Crippen molar-refractivity contribution in [2.24, 2.45) is 17.8 Å². The fourth-order valence-corrected chi connectivity index (χ4v) is 10.6. The predicted octanol–water partition coefficient (Wildman–Crippen LogP) is 11.2. The Kier molecular flexibility index (Phi) is 6.74. The van der Waals surface area contributed by atoms with Gasteiger partial charge in [-0.25, -0.2) is 15.0 Å². The molecule has 0 saturated heterocycles. The van der Waals surface area contributed by atoms with Crippen molar-refractivity contribution >= 4 is 0 Å². The number of nitriles is 1. The lowest BCUT2D eigenvalue weighted by atomic mass is 9.48. The maximum Gasteiger partial charge on any atom is 0.164 e. The molecule has 4 nitrogen and oxygen atoms in total. The van der Waals surface area contributed by atoms with E-state index >= 15 is 0 Å². The van der Waals surface area contributed by atoms with E-state index in [-0.39, 0.29) is 5.41 Å². The van der Waals surface area contributed by atoms with Crippen LogP contribution in [0.25, 0.3) is 56.4 Å². The zero-order valence-corrected chi connectivity index (χ0v) is 29.2. The van der Waals surface area contributed by atoms with E-state index in [9.17, 15) is 5.26 Å². The summed E-state index contributed by atoms with van der Waals surface area (Å²) in [5, 5.41) is 9.63. The SMILES string of the molecule is CC1(C)c2ccc(-c3nc(-c4ccc(C56CC7CC(CC(C7)C5)C6)cc4)nc(-c4cccc(-c5ccccc5)c4)n3)cc2-c2ccc(C#N)cc21. The maximum atomic E-state index is 9.63. The van der Waals surface area contributed by atoms with Gasteiger partial charge in [-0.3, -0.25) is 0 Å². The summed E-state index contributed by atoms with van der Waals surface area (Å²) in [6, 6.07) is 43.2. The lowest BCUT2D eigenvalue weighted by Crippen LogP contribution is -2.48. The van der Waals surface area contributed by atoms with Gasteiger partial charge in [-0.05, 0) is 125 Å². The fraction of sp³-hybridized carbons (Fsp3) is 0.277. The number of nitrogens with zero attached hydrogens (tertiary/aromatic N) is 4. The highest BCUT2D eigenvalue weighted by Gasteiger charge is 2.51. The van der Waals surface area contributed by atoms with Crippen molar-refractivity contribution in [3.05, 3.63) is 138 Å². The van der Waals surface area contributed by atoms with Crippen LogP contribution >= 0.6 is 0 Å². The second kappa shape index (κ2) is 11.3. The smallest absolute Gasteiger partial charge is 0.164 e. The van der Waals surface area contributed by atoms with Gasteiger partial charge in [-0.1, -0.05) is 105 Å². The van der Waals surface area contributed by atoms with E-state index in [4.69, 9.17) is 15.0 Å². The van der Waals surface area contributed by atoms with E-state index in [1.807, 2.05) is 18.2 Å². The van der Waals surface area contributed by atoms with Gasteiger partial charge in [0.1, 0.15) is 0 Å². The molecule has 248 valence electrons. The van der Waals surface area contributed by atoms with E-state index in [2.05, 4.69) is 117 Å². The van der Waals surface area contributed by atoms with E-state index in [0.717, 1.165) is 45.6 Å². The zero-order valence-electron chi connectivity index (χ0n) is 29.2. The molecule has 5 aliphatic carbocycles. The Morgan fingerprint density at radius 1 is 0.529 bits per heavy atom. The standard InChI is InChI=1S/C47H40N4/c1-46(2)41-18-14-37(24-40(41)39-17-11-29(28-48)22-42(39)46)45-50-43(49-44(51-45)36-10-6-9-35(23-36)33-7-4-3-5-8-33)34-12-15-38(16-13-34)47-25-30-19-31(26-47)21-32(20-30)27-47/h3-18,22-24,30-32H,19-21,25-27H2,1-2H3. The van der Waals surface area contributed by atoms with Gasteiger partial charge in [-0.15, -0.1) is 0 Å². The molecule has 0 radical (unpaired) electrons. The van der Waals surface area contributed by atoms with Crippen molar-refractivity contribution in [2.75, 3.05) is 0 Å². The van der Waals surface area contributed by atoms with Crippen LogP contribution in [0.15, 0.2) is 115 Å². The van der Waals surface area contributed by atoms with Gasteiger partial charge in [0.2, 0.25) is 0 Å². The first kappa shape index (κ1) is 30.4. The van der Waals surface area contributed by atoms with Gasteiger partial charge in [0.25, 0.3) is 0 Å². The molecule has 4 heteroatoms. The normalized spacial score (nSPS) is 23.4. The third-order valence-electron chi connectivity index (χ3n) is 12.7. The van der Waals surface area contributed by atoms with Crippen LogP contribution in [0.4, 0.5) is 0 Å². The van der Waals surface area contributed by atoms with Crippen molar-refractivity contribution in [1.82, 2.24) is 15.0 Å². The van der Waals surface area contributed by atoms with Gasteiger partial charge >= 0.3 is 0 Å². The van der Waals surface area contributed by atoms with Crippen LogP contribution in [0.1, 0.15) is 74.6 Å². The fourth-order valence-electron chi connectivity index (χ4n) is 10.6. The molecule has 5 aliphatic rings. The Hall–Kier alpha value is -5.40. The third kappa shape index (κ3) is 4.97. The Morgan fingerprint density at radius 2 is 1.12 bits per heavy atom. The summed E-state index contributed by atoms with van der Waals surface area (Å²) in [6.07, 6.45) is 8.41. The Morgan fingerprint density at radius 3 is 1.78 bits per heavy atom. The minimum Gasteiger partial charge on any atom is -0.208 e. The molecule has 51 heavy (non-hydrogen) atoms. The highest BCUT2D eigenvalue weighted by atomic mass is 15.0. The molecule has 0 unspecified atom stereocenters.